The maximum Gasteiger partial charge on any atom is 0.412 e. The van der Waals surface area contributed by atoms with Crippen LogP contribution in [-0.2, 0) is 15.9 Å². The first-order valence-corrected chi connectivity index (χ1v) is 11.4. The number of carbonyl (C=O) groups is 1. The van der Waals surface area contributed by atoms with E-state index in [9.17, 15) is 4.79 Å². The molecule has 29 heavy (non-hydrogen) atoms. The Kier molecular flexibility index (Phi) is 9.00. The molecular weight excluding hydrogens is 406 g/mol. The lowest BCUT2D eigenvalue weighted by Crippen LogP contribution is -2.35. The lowest BCUT2D eigenvalue weighted by Gasteiger charge is -2.35. The predicted molar refractivity (Wildman–Crippen MR) is 123 cm³/mol. The summed E-state index contributed by atoms with van der Waals surface area (Å²) in [6, 6.07) is 10.0. The van der Waals surface area contributed by atoms with E-state index in [1.165, 1.54) is 18.9 Å². The molecule has 0 radical (unpaired) electrons. The third-order valence-corrected chi connectivity index (χ3v) is 6.45. The molecule has 1 aromatic carbocycles. The SMILES string of the molecule is CCCSC1(OC)C=CC(=N)C(N=C(NC(=O)OC)SC)=C1Cc1ccccc1. The molecule has 2 rings (SSSR count). The van der Waals surface area contributed by atoms with E-state index in [1.807, 2.05) is 42.7 Å². The summed E-state index contributed by atoms with van der Waals surface area (Å²) >= 11 is 2.96. The van der Waals surface area contributed by atoms with Crippen molar-refractivity contribution >= 4 is 40.5 Å². The molecule has 0 spiro atoms. The summed E-state index contributed by atoms with van der Waals surface area (Å²) in [4.78, 5) is 15.6. The first kappa shape index (κ1) is 23.3. The number of hydrogen-bond donors (Lipinski definition) is 2. The second-order valence-electron chi connectivity index (χ2n) is 6.19. The van der Waals surface area contributed by atoms with Crippen molar-refractivity contribution in [2.45, 2.75) is 24.7 Å². The largest absolute Gasteiger partial charge is 0.453 e. The van der Waals surface area contributed by atoms with E-state index in [4.69, 9.17) is 10.1 Å². The Bertz CT molecular complexity index is 822. The van der Waals surface area contributed by atoms with Crippen molar-refractivity contribution in [2.24, 2.45) is 4.99 Å². The van der Waals surface area contributed by atoms with Crippen molar-refractivity contribution in [1.82, 2.24) is 5.32 Å². The normalized spacial score (nSPS) is 19.4. The highest BCUT2D eigenvalue weighted by Gasteiger charge is 2.38. The van der Waals surface area contributed by atoms with Gasteiger partial charge in [0.1, 0.15) is 0 Å². The number of alkyl carbamates (subject to hydrolysis) is 1. The molecule has 0 aliphatic heterocycles. The molecule has 0 bridgehead atoms. The molecule has 156 valence electrons. The van der Waals surface area contributed by atoms with Gasteiger partial charge in [-0.05, 0) is 42.6 Å². The van der Waals surface area contributed by atoms with Crippen LogP contribution in [0.25, 0.3) is 0 Å². The number of aliphatic imine (C=N–C) groups is 1. The van der Waals surface area contributed by atoms with Crippen LogP contribution < -0.4 is 5.32 Å². The zero-order valence-electron chi connectivity index (χ0n) is 17.2. The fourth-order valence-corrected chi connectivity index (χ4v) is 4.34. The predicted octanol–water partition coefficient (Wildman–Crippen LogP) is 4.63. The van der Waals surface area contributed by atoms with E-state index in [-0.39, 0.29) is 5.71 Å². The molecule has 6 nitrogen and oxygen atoms in total. The fourth-order valence-electron chi connectivity index (χ4n) is 2.84. The zero-order valence-corrected chi connectivity index (χ0v) is 18.8. The van der Waals surface area contributed by atoms with E-state index in [1.54, 1.807) is 24.9 Å². The standard InChI is InChI=1S/C21H27N3O3S2/c1-5-13-29-21(27-3)12-11-17(22)18(23-19(28-4)24-20(25)26-2)16(21)14-15-9-7-6-8-10-15/h6-12,22H,5,13-14H2,1-4H3,(H,23,24,25). The zero-order chi connectivity index (χ0) is 21.3. The Morgan fingerprint density at radius 2 is 2.00 bits per heavy atom. The third kappa shape index (κ3) is 5.98. The van der Waals surface area contributed by atoms with E-state index < -0.39 is 11.0 Å². The van der Waals surface area contributed by atoms with E-state index in [2.05, 4.69) is 22.0 Å². The molecule has 0 aromatic heterocycles. The first-order chi connectivity index (χ1) is 14.0. The lowest BCUT2D eigenvalue weighted by molar-refractivity contribution is 0.137. The van der Waals surface area contributed by atoms with Crippen LogP contribution in [0.4, 0.5) is 4.79 Å². The Labute approximate surface area is 180 Å². The molecule has 1 amide bonds. The number of rotatable bonds is 7. The molecule has 0 heterocycles. The molecule has 1 aromatic rings. The maximum atomic E-state index is 11.7. The summed E-state index contributed by atoms with van der Waals surface area (Å²) in [6.45, 7) is 2.12. The van der Waals surface area contributed by atoms with E-state index in [0.29, 0.717) is 17.3 Å². The third-order valence-electron chi connectivity index (χ3n) is 4.28. The quantitative estimate of drug-likeness (QED) is 0.372. The summed E-state index contributed by atoms with van der Waals surface area (Å²) in [5.41, 5.74) is 2.76. The molecular formula is C21H27N3O3S2. The topological polar surface area (TPSA) is 83.8 Å². The van der Waals surface area contributed by atoms with Gasteiger partial charge in [0.25, 0.3) is 0 Å². The lowest BCUT2D eigenvalue weighted by atomic mass is 9.92. The Hall–Kier alpha value is -2.03. The van der Waals surface area contributed by atoms with Crippen LogP contribution in [0.2, 0.25) is 0 Å². The molecule has 1 atom stereocenters. The number of thioether (sulfide) groups is 2. The monoisotopic (exact) mass is 433 g/mol. The molecule has 2 N–H and O–H groups in total. The van der Waals surface area contributed by atoms with Crippen molar-refractivity contribution < 1.29 is 14.3 Å². The van der Waals surface area contributed by atoms with Gasteiger partial charge in [-0.1, -0.05) is 49.0 Å². The Morgan fingerprint density at radius 1 is 1.28 bits per heavy atom. The van der Waals surface area contributed by atoms with Gasteiger partial charge in [-0.15, -0.1) is 11.8 Å². The van der Waals surface area contributed by atoms with E-state index >= 15 is 0 Å². The number of ether oxygens (including phenoxy) is 2. The number of nitrogens with zero attached hydrogens (tertiary/aromatic N) is 1. The van der Waals surface area contributed by atoms with Crippen LogP contribution in [-0.4, -0.2) is 48.1 Å². The molecule has 1 unspecified atom stereocenters. The fraction of sp³-hybridized carbons (Fsp3) is 0.381. The smallest absolute Gasteiger partial charge is 0.412 e. The van der Waals surface area contributed by atoms with Gasteiger partial charge in [-0.25, -0.2) is 9.79 Å². The number of carbonyl (C=O) groups excluding carboxylic acids is 1. The van der Waals surface area contributed by atoms with Crippen molar-refractivity contribution in [2.75, 3.05) is 26.2 Å². The van der Waals surface area contributed by atoms with Crippen LogP contribution in [0, 0.1) is 5.41 Å². The molecule has 1 aliphatic rings. The van der Waals surface area contributed by atoms with Gasteiger partial charge in [0, 0.05) is 12.7 Å². The van der Waals surface area contributed by atoms with Crippen LogP contribution in [0.3, 0.4) is 0 Å². The van der Waals surface area contributed by atoms with Crippen LogP contribution in [0.15, 0.2) is 58.7 Å². The second-order valence-corrected chi connectivity index (χ2v) is 8.29. The molecule has 0 saturated heterocycles. The van der Waals surface area contributed by atoms with Gasteiger partial charge < -0.3 is 9.47 Å². The molecule has 1 aliphatic carbocycles. The number of benzene rings is 1. The number of methoxy groups -OCH3 is 2. The second kappa shape index (κ2) is 11.2. The van der Waals surface area contributed by atoms with Crippen molar-refractivity contribution in [3.8, 4) is 0 Å². The summed E-state index contributed by atoms with van der Waals surface area (Å²) in [7, 11) is 2.98. The van der Waals surface area contributed by atoms with Gasteiger partial charge in [0.15, 0.2) is 10.1 Å². The van der Waals surface area contributed by atoms with Gasteiger partial charge >= 0.3 is 6.09 Å². The van der Waals surface area contributed by atoms with Gasteiger partial charge in [0.05, 0.1) is 18.5 Å². The molecule has 8 heteroatoms. The molecule has 0 fully saturated rings. The minimum absolute atomic E-state index is 0.277. The number of nitrogens with one attached hydrogen (secondary N) is 2. The average molecular weight is 434 g/mol. The van der Waals surface area contributed by atoms with Crippen molar-refractivity contribution in [1.29, 1.82) is 5.41 Å². The van der Waals surface area contributed by atoms with Crippen LogP contribution in [0.5, 0.6) is 0 Å². The summed E-state index contributed by atoms with van der Waals surface area (Å²) < 4.78 is 10.7. The summed E-state index contributed by atoms with van der Waals surface area (Å²) in [5, 5.41) is 11.5. The highest BCUT2D eigenvalue weighted by molar-refractivity contribution is 8.13. The van der Waals surface area contributed by atoms with Crippen LogP contribution >= 0.6 is 23.5 Å². The Morgan fingerprint density at radius 3 is 2.59 bits per heavy atom. The van der Waals surface area contributed by atoms with Gasteiger partial charge in [-0.3, -0.25) is 10.7 Å². The number of amides is 1. The maximum absolute atomic E-state index is 11.7. The van der Waals surface area contributed by atoms with Crippen LogP contribution in [0.1, 0.15) is 18.9 Å². The minimum atomic E-state index is -0.718. The number of amidine groups is 1. The average Bonchev–Trinajstić information content (AvgIpc) is 2.75. The molecule has 0 saturated carbocycles. The summed E-state index contributed by atoms with van der Waals surface area (Å²) in [6.07, 6.45) is 6.44. The van der Waals surface area contributed by atoms with Crippen molar-refractivity contribution in [3.05, 3.63) is 59.3 Å². The first-order valence-electron chi connectivity index (χ1n) is 9.22. The van der Waals surface area contributed by atoms with Gasteiger partial charge in [-0.2, -0.15) is 0 Å². The minimum Gasteiger partial charge on any atom is -0.453 e. The number of hydrogen-bond acceptors (Lipinski definition) is 7. The van der Waals surface area contributed by atoms with Crippen molar-refractivity contribution in [3.63, 3.8) is 0 Å². The summed E-state index contributed by atoms with van der Waals surface area (Å²) in [5.74, 6) is 0.899. The highest BCUT2D eigenvalue weighted by Crippen LogP contribution is 2.42. The number of allylic oxidation sites excluding steroid dienone is 1. The van der Waals surface area contributed by atoms with E-state index in [0.717, 1.165) is 23.3 Å². The van der Waals surface area contributed by atoms with Gasteiger partial charge in [0.2, 0.25) is 0 Å². The Balaban J connectivity index is 2.60. The highest BCUT2D eigenvalue weighted by atomic mass is 32.2.